The van der Waals surface area contributed by atoms with E-state index >= 15 is 0 Å². The van der Waals surface area contributed by atoms with Gasteiger partial charge in [0.15, 0.2) is 11.9 Å². The average Bonchev–Trinajstić information content (AvgIpc) is 3.00. The van der Waals surface area contributed by atoms with Gasteiger partial charge in [-0.2, -0.15) is 0 Å². The topological polar surface area (TPSA) is 84.9 Å². The van der Waals surface area contributed by atoms with Gasteiger partial charge in [-0.1, -0.05) is 13.0 Å². The molecular formula is C19H19N3O3S. The molecule has 1 aliphatic rings. The molecule has 7 heteroatoms. The number of hydrogen-bond donors (Lipinski definition) is 1. The highest BCUT2D eigenvalue weighted by atomic mass is 32.1. The lowest BCUT2D eigenvalue weighted by atomic mass is 9.89. The smallest absolute Gasteiger partial charge is 0.357 e. The lowest BCUT2D eigenvalue weighted by Gasteiger charge is -2.17. The monoisotopic (exact) mass is 369 g/mol. The summed E-state index contributed by atoms with van der Waals surface area (Å²) in [7, 11) is 0. The van der Waals surface area contributed by atoms with E-state index in [9.17, 15) is 9.59 Å². The Morgan fingerprint density at radius 2 is 2.27 bits per heavy atom. The number of aryl methyl sites for hydroxylation is 1. The van der Waals surface area contributed by atoms with E-state index in [0.717, 1.165) is 29.7 Å². The Labute approximate surface area is 154 Å². The lowest BCUT2D eigenvalue weighted by Crippen LogP contribution is -2.18. The lowest BCUT2D eigenvalue weighted by molar-refractivity contribution is 0.0313. The summed E-state index contributed by atoms with van der Waals surface area (Å²) in [5.41, 5.74) is 1.21. The SMILES string of the molecule is C[C@H]1CCc2c(sc3nc([C@@H](C)OC(=O)c4ccccn4)[nH]c(=O)c23)C1. The number of esters is 1. The number of fused-ring (bicyclic) bond motifs is 3. The first-order chi connectivity index (χ1) is 12.5. The standard InChI is InChI=1S/C19H19N3O3S/c1-10-6-7-12-14(9-10)26-18-15(12)17(23)21-16(22-18)11(2)25-19(24)13-5-3-4-8-20-13/h3-5,8,10-11H,6-7,9H2,1-2H3,(H,21,22,23)/t10-,11+/m0/s1. The number of hydrogen-bond acceptors (Lipinski definition) is 6. The van der Waals surface area contributed by atoms with Crippen LogP contribution in [-0.4, -0.2) is 20.9 Å². The Hall–Kier alpha value is -2.54. The van der Waals surface area contributed by atoms with Gasteiger partial charge in [-0.25, -0.2) is 14.8 Å². The van der Waals surface area contributed by atoms with E-state index in [1.165, 1.54) is 11.1 Å². The van der Waals surface area contributed by atoms with Crippen LogP contribution < -0.4 is 5.56 Å². The van der Waals surface area contributed by atoms with Gasteiger partial charge in [-0.05, 0) is 49.8 Å². The zero-order valence-corrected chi connectivity index (χ0v) is 15.4. The summed E-state index contributed by atoms with van der Waals surface area (Å²) in [6.45, 7) is 3.93. The van der Waals surface area contributed by atoms with Gasteiger partial charge < -0.3 is 9.72 Å². The first kappa shape index (κ1) is 16.9. The predicted octanol–water partition coefficient (Wildman–Crippen LogP) is 3.42. The van der Waals surface area contributed by atoms with Crippen LogP contribution in [0.3, 0.4) is 0 Å². The third kappa shape index (κ3) is 3.03. The Kier molecular flexibility index (Phi) is 4.32. The molecule has 1 aliphatic carbocycles. The summed E-state index contributed by atoms with van der Waals surface area (Å²) in [6.07, 6.45) is 3.88. The molecular weight excluding hydrogens is 350 g/mol. The third-order valence-corrected chi connectivity index (χ3v) is 5.87. The van der Waals surface area contributed by atoms with Crippen LogP contribution in [0.2, 0.25) is 0 Å². The number of nitrogens with zero attached hydrogens (tertiary/aromatic N) is 2. The van der Waals surface area contributed by atoms with Crippen LogP contribution in [0.25, 0.3) is 10.2 Å². The van der Waals surface area contributed by atoms with E-state index in [1.54, 1.807) is 36.5 Å². The molecule has 0 spiro atoms. The van der Waals surface area contributed by atoms with E-state index in [2.05, 4.69) is 21.9 Å². The zero-order chi connectivity index (χ0) is 18.3. The molecule has 0 radical (unpaired) electrons. The highest BCUT2D eigenvalue weighted by Gasteiger charge is 2.24. The molecule has 2 atom stereocenters. The molecule has 0 saturated carbocycles. The van der Waals surface area contributed by atoms with Crippen molar-refractivity contribution in [2.24, 2.45) is 5.92 Å². The molecule has 26 heavy (non-hydrogen) atoms. The molecule has 3 heterocycles. The fourth-order valence-electron chi connectivity index (χ4n) is 3.32. The van der Waals surface area contributed by atoms with Crippen LogP contribution >= 0.6 is 11.3 Å². The summed E-state index contributed by atoms with van der Waals surface area (Å²) in [5.74, 6) is 0.450. The summed E-state index contributed by atoms with van der Waals surface area (Å²) in [4.78, 5) is 38.1. The maximum absolute atomic E-state index is 12.6. The maximum atomic E-state index is 12.6. The number of aromatic amines is 1. The summed E-state index contributed by atoms with van der Waals surface area (Å²) in [6, 6.07) is 5.03. The molecule has 0 saturated heterocycles. The number of thiophene rings is 1. The molecule has 0 aromatic carbocycles. The van der Waals surface area contributed by atoms with Crippen molar-refractivity contribution in [2.45, 2.75) is 39.2 Å². The molecule has 0 bridgehead atoms. The quantitative estimate of drug-likeness (QED) is 0.715. The number of nitrogens with one attached hydrogen (secondary N) is 1. The Morgan fingerprint density at radius 1 is 1.42 bits per heavy atom. The van der Waals surface area contributed by atoms with Crippen LogP contribution in [0.5, 0.6) is 0 Å². The highest BCUT2D eigenvalue weighted by molar-refractivity contribution is 7.18. The molecule has 0 fully saturated rings. The number of carbonyl (C=O) groups is 1. The number of rotatable bonds is 3. The van der Waals surface area contributed by atoms with Crippen molar-refractivity contribution in [3.63, 3.8) is 0 Å². The number of carbonyl (C=O) groups excluding carboxylic acids is 1. The Morgan fingerprint density at radius 3 is 3.04 bits per heavy atom. The van der Waals surface area contributed by atoms with Crippen molar-refractivity contribution in [1.29, 1.82) is 0 Å². The molecule has 134 valence electrons. The molecule has 0 amide bonds. The second-order valence-electron chi connectivity index (χ2n) is 6.75. The number of ether oxygens (including phenoxy) is 1. The number of aromatic nitrogens is 3. The Bertz CT molecular complexity index is 1030. The highest BCUT2D eigenvalue weighted by Crippen LogP contribution is 2.35. The molecule has 1 N–H and O–H groups in total. The first-order valence-electron chi connectivity index (χ1n) is 8.69. The van der Waals surface area contributed by atoms with E-state index in [4.69, 9.17) is 4.74 Å². The zero-order valence-electron chi connectivity index (χ0n) is 14.6. The predicted molar refractivity (Wildman–Crippen MR) is 99.5 cm³/mol. The van der Waals surface area contributed by atoms with Crippen molar-refractivity contribution < 1.29 is 9.53 Å². The first-order valence-corrected chi connectivity index (χ1v) is 9.51. The van der Waals surface area contributed by atoms with Gasteiger partial charge in [0.25, 0.3) is 5.56 Å². The van der Waals surface area contributed by atoms with Crippen LogP contribution in [0.15, 0.2) is 29.2 Å². The van der Waals surface area contributed by atoms with Gasteiger partial charge in [0.05, 0.1) is 5.39 Å². The van der Waals surface area contributed by atoms with E-state index in [0.29, 0.717) is 17.1 Å². The van der Waals surface area contributed by atoms with Crippen LogP contribution in [-0.2, 0) is 17.6 Å². The maximum Gasteiger partial charge on any atom is 0.357 e. The Balaban J connectivity index is 1.65. The van der Waals surface area contributed by atoms with Crippen molar-refractivity contribution in [1.82, 2.24) is 15.0 Å². The van der Waals surface area contributed by atoms with E-state index < -0.39 is 12.1 Å². The fraction of sp³-hybridized carbons (Fsp3) is 0.368. The summed E-state index contributed by atoms with van der Waals surface area (Å²) >= 11 is 1.58. The van der Waals surface area contributed by atoms with Crippen LogP contribution in [0.4, 0.5) is 0 Å². The minimum absolute atomic E-state index is 0.155. The van der Waals surface area contributed by atoms with Gasteiger partial charge in [-0.15, -0.1) is 11.3 Å². The fourth-order valence-corrected chi connectivity index (χ4v) is 4.71. The van der Waals surface area contributed by atoms with Crippen molar-refractivity contribution in [3.8, 4) is 0 Å². The van der Waals surface area contributed by atoms with E-state index in [1.807, 2.05) is 0 Å². The van der Waals surface area contributed by atoms with Crippen LogP contribution in [0, 0.1) is 5.92 Å². The third-order valence-electron chi connectivity index (χ3n) is 4.73. The molecule has 4 rings (SSSR count). The van der Waals surface area contributed by atoms with Gasteiger partial charge in [0, 0.05) is 11.1 Å². The normalized spacial score (nSPS) is 17.7. The minimum Gasteiger partial charge on any atom is -0.450 e. The number of pyridine rings is 1. The van der Waals surface area contributed by atoms with Gasteiger partial charge in [-0.3, -0.25) is 4.79 Å². The van der Waals surface area contributed by atoms with Crippen molar-refractivity contribution >= 4 is 27.5 Å². The second kappa shape index (κ2) is 6.64. The largest absolute Gasteiger partial charge is 0.450 e. The summed E-state index contributed by atoms with van der Waals surface area (Å²) < 4.78 is 5.42. The molecule has 0 unspecified atom stereocenters. The molecule has 0 aliphatic heterocycles. The van der Waals surface area contributed by atoms with Gasteiger partial charge >= 0.3 is 5.97 Å². The minimum atomic E-state index is -0.667. The van der Waals surface area contributed by atoms with Crippen LogP contribution in [0.1, 0.15) is 53.1 Å². The number of H-pyrrole nitrogens is 1. The average molecular weight is 369 g/mol. The second-order valence-corrected chi connectivity index (χ2v) is 7.83. The molecule has 3 aromatic rings. The molecule has 3 aromatic heterocycles. The van der Waals surface area contributed by atoms with Gasteiger partial charge in [0.1, 0.15) is 10.5 Å². The van der Waals surface area contributed by atoms with E-state index in [-0.39, 0.29) is 11.3 Å². The van der Waals surface area contributed by atoms with Crippen molar-refractivity contribution in [3.05, 3.63) is 56.7 Å². The van der Waals surface area contributed by atoms with Gasteiger partial charge in [0.2, 0.25) is 0 Å². The summed E-state index contributed by atoms with van der Waals surface area (Å²) in [5, 5.41) is 0.698. The van der Waals surface area contributed by atoms with Crippen molar-refractivity contribution in [2.75, 3.05) is 0 Å². The molecule has 6 nitrogen and oxygen atoms in total.